The molecule has 220 valence electrons. The van der Waals surface area contributed by atoms with E-state index in [9.17, 15) is 14.4 Å². The molecule has 3 aliphatic rings. The normalized spacial score (nSPS) is 25.4. The van der Waals surface area contributed by atoms with Crippen molar-refractivity contribution < 1.29 is 33.3 Å². The molecule has 0 aromatic carbocycles. The van der Waals surface area contributed by atoms with Crippen LogP contribution in [-0.4, -0.2) is 47.9 Å². The van der Waals surface area contributed by atoms with E-state index in [0.717, 1.165) is 38.5 Å². The smallest absolute Gasteiger partial charge is 0.308 e. The maximum Gasteiger partial charge on any atom is 0.308 e. The zero-order valence-electron chi connectivity index (χ0n) is 24.3. The lowest BCUT2D eigenvalue weighted by Gasteiger charge is -2.42. The molecule has 2 saturated heterocycles. The molecule has 2 aliphatic heterocycles. The minimum atomic E-state index is -0.969. The highest BCUT2D eigenvalue weighted by molar-refractivity contribution is 6.00. The first-order valence-corrected chi connectivity index (χ1v) is 15.5. The standard InChI is InChI=1S/C32H50O7/c1-3-5-7-9-10-11-12-14-22-36-30(35)24-27-23-28(37-29(34)15-13-8-6-4-2)25-32(38-27)21-20-31(39-32)18-16-26(33)17-19-31/h16-19,27-28H,3-15,20-25H2,1-2H3/t27?,28?,32-/m1/s1. The van der Waals surface area contributed by atoms with Gasteiger partial charge in [0.25, 0.3) is 0 Å². The summed E-state index contributed by atoms with van der Waals surface area (Å²) in [6.07, 6.45) is 21.9. The minimum absolute atomic E-state index is 0.0678. The topological polar surface area (TPSA) is 88.1 Å². The molecule has 0 aromatic rings. The van der Waals surface area contributed by atoms with Crippen LogP contribution in [0.15, 0.2) is 24.3 Å². The van der Waals surface area contributed by atoms with Crippen LogP contribution in [0, 0.1) is 0 Å². The van der Waals surface area contributed by atoms with Crippen LogP contribution in [0.2, 0.25) is 0 Å². The van der Waals surface area contributed by atoms with E-state index in [1.807, 2.05) is 0 Å². The molecule has 7 nitrogen and oxygen atoms in total. The number of hydrogen-bond donors (Lipinski definition) is 0. The largest absolute Gasteiger partial charge is 0.466 e. The number of carbonyl (C=O) groups excluding carboxylic acids is 3. The van der Waals surface area contributed by atoms with Crippen LogP contribution >= 0.6 is 0 Å². The molecule has 39 heavy (non-hydrogen) atoms. The Labute approximate surface area is 235 Å². The number of hydrogen-bond acceptors (Lipinski definition) is 7. The number of ether oxygens (including phenoxy) is 4. The summed E-state index contributed by atoms with van der Waals surface area (Å²) in [6.45, 7) is 4.79. The SMILES string of the molecule is CCCCCCCCCCOC(=O)CC1CC(OC(=O)CCCCCC)C[C@]2(CCC3(C=CC(=O)C=C3)O2)O1. The van der Waals surface area contributed by atoms with Crippen LogP contribution in [0.3, 0.4) is 0 Å². The van der Waals surface area contributed by atoms with Gasteiger partial charge in [0.05, 0.1) is 19.1 Å². The van der Waals surface area contributed by atoms with E-state index in [-0.39, 0.29) is 24.1 Å². The molecule has 0 saturated carbocycles. The van der Waals surface area contributed by atoms with Crippen molar-refractivity contribution >= 4 is 17.7 Å². The summed E-state index contributed by atoms with van der Waals surface area (Å²) < 4.78 is 24.3. The van der Waals surface area contributed by atoms with Gasteiger partial charge in [-0.25, -0.2) is 0 Å². The summed E-state index contributed by atoms with van der Waals surface area (Å²) in [4.78, 5) is 36.9. The third kappa shape index (κ3) is 10.8. The number of unbranched alkanes of at least 4 members (excludes halogenated alkanes) is 10. The molecule has 0 bridgehead atoms. The van der Waals surface area contributed by atoms with Crippen molar-refractivity contribution in [3.8, 4) is 0 Å². The molecule has 3 atom stereocenters. The zero-order valence-corrected chi connectivity index (χ0v) is 24.3. The number of ketones is 1. The molecule has 0 radical (unpaired) electrons. The Bertz CT molecular complexity index is 831. The second kappa shape index (κ2) is 16.3. The van der Waals surface area contributed by atoms with Crippen LogP contribution < -0.4 is 0 Å². The second-order valence-electron chi connectivity index (χ2n) is 11.5. The molecule has 0 N–H and O–H groups in total. The Morgan fingerprint density at radius 2 is 1.51 bits per heavy atom. The van der Waals surface area contributed by atoms with Crippen molar-refractivity contribution in [3.05, 3.63) is 24.3 Å². The van der Waals surface area contributed by atoms with Crippen molar-refractivity contribution in [2.75, 3.05) is 6.61 Å². The first kappa shape index (κ1) is 31.5. The van der Waals surface area contributed by atoms with Gasteiger partial charge in [0, 0.05) is 25.7 Å². The third-order valence-corrected chi connectivity index (χ3v) is 7.97. The molecule has 0 aromatic heterocycles. The number of esters is 2. The fourth-order valence-corrected chi connectivity index (χ4v) is 5.80. The lowest BCUT2D eigenvalue weighted by atomic mass is 9.91. The average Bonchev–Trinajstić information content (AvgIpc) is 3.23. The van der Waals surface area contributed by atoms with E-state index in [2.05, 4.69) is 13.8 Å². The van der Waals surface area contributed by atoms with Crippen molar-refractivity contribution in [1.29, 1.82) is 0 Å². The Hall–Kier alpha value is -1.99. The van der Waals surface area contributed by atoms with Gasteiger partial charge in [-0.15, -0.1) is 0 Å². The summed E-state index contributed by atoms with van der Waals surface area (Å²) in [6, 6.07) is 0. The first-order chi connectivity index (χ1) is 18.9. The van der Waals surface area contributed by atoms with Crippen LogP contribution in [-0.2, 0) is 33.3 Å². The summed E-state index contributed by atoms with van der Waals surface area (Å²) in [5.74, 6) is -1.54. The number of carbonyl (C=O) groups is 3. The van der Waals surface area contributed by atoms with Crippen molar-refractivity contribution in [2.24, 2.45) is 0 Å². The molecular weight excluding hydrogens is 496 g/mol. The van der Waals surface area contributed by atoms with Crippen LogP contribution in [0.25, 0.3) is 0 Å². The summed E-state index contributed by atoms with van der Waals surface area (Å²) in [5.41, 5.74) is -0.707. The minimum Gasteiger partial charge on any atom is -0.466 e. The molecule has 1 aliphatic carbocycles. The van der Waals surface area contributed by atoms with Gasteiger partial charge < -0.3 is 18.9 Å². The van der Waals surface area contributed by atoms with Gasteiger partial charge in [0.15, 0.2) is 11.6 Å². The van der Waals surface area contributed by atoms with Gasteiger partial charge in [0.1, 0.15) is 11.7 Å². The van der Waals surface area contributed by atoms with Crippen molar-refractivity contribution in [1.82, 2.24) is 0 Å². The van der Waals surface area contributed by atoms with Crippen molar-refractivity contribution in [3.63, 3.8) is 0 Å². The maximum atomic E-state index is 12.7. The van der Waals surface area contributed by atoms with E-state index < -0.39 is 23.6 Å². The average molecular weight is 547 g/mol. The highest BCUT2D eigenvalue weighted by Gasteiger charge is 2.53. The van der Waals surface area contributed by atoms with Gasteiger partial charge in [-0.2, -0.15) is 0 Å². The molecule has 2 fully saturated rings. The number of rotatable bonds is 17. The number of allylic oxidation sites excluding steroid dienone is 2. The van der Waals surface area contributed by atoms with E-state index in [1.165, 1.54) is 50.7 Å². The predicted molar refractivity (Wildman–Crippen MR) is 150 cm³/mol. The van der Waals surface area contributed by atoms with Gasteiger partial charge in [-0.3, -0.25) is 14.4 Å². The fraction of sp³-hybridized carbons (Fsp3) is 0.781. The zero-order chi connectivity index (χ0) is 28.0. The molecule has 2 unspecified atom stereocenters. The summed E-state index contributed by atoms with van der Waals surface area (Å²) in [7, 11) is 0. The Kier molecular flexibility index (Phi) is 13.2. The lowest BCUT2D eigenvalue weighted by molar-refractivity contribution is -0.292. The van der Waals surface area contributed by atoms with E-state index in [0.29, 0.717) is 38.7 Å². The Morgan fingerprint density at radius 1 is 0.872 bits per heavy atom. The van der Waals surface area contributed by atoms with Gasteiger partial charge in [0.2, 0.25) is 0 Å². The predicted octanol–water partition coefficient (Wildman–Crippen LogP) is 7.06. The molecular formula is C32H50O7. The van der Waals surface area contributed by atoms with Gasteiger partial charge >= 0.3 is 11.9 Å². The molecule has 3 rings (SSSR count). The summed E-state index contributed by atoms with van der Waals surface area (Å²) in [5, 5.41) is 0. The monoisotopic (exact) mass is 546 g/mol. The first-order valence-electron chi connectivity index (χ1n) is 15.5. The van der Waals surface area contributed by atoms with Crippen LogP contribution in [0.1, 0.15) is 129 Å². The van der Waals surface area contributed by atoms with Gasteiger partial charge in [-0.1, -0.05) is 78.1 Å². The quantitative estimate of drug-likeness (QED) is 0.142. The van der Waals surface area contributed by atoms with Crippen LogP contribution in [0.5, 0.6) is 0 Å². The molecule has 2 spiro atoms. The Morgan fingerprint density at radius 3 is 2.21 bits per heavy atom. The summed E-state index contributed by atoms with van der Waals surface area (Å²) >= 11 is 0. The Balaban J connectivity index is 1.50. The maximum absolute atomic E-state index is 12.7. The highest BCUT2D eigenvalue weighted by Crippen LogP contribution is 2.48. The molecule has 7 heteroatoms. The van der Waals surface area contributed by atoms with E-state index in [1.54, 1.807) is 12.2 Å². The molecule has 2 heterocycles. The lowest BCUT2D eigenvalue weighted by Crippen LogP contribution is -2.49. The van der Waals surface area contributed by atoms with Crippen molar-refractivity contribution in [2.45, 2.75) is 153 Å². The van der Waals surface area contributed by atoms with E-state index in [4.69, 9.17) is 18.9 Å². The van der Waals surface area contributed by atoms with E-state index >= 15 is 0 Å². The van der Waals surface area contributed by atoms with Gasteiger partial charge in [-0.05, 0) is 43.6 Å². The molecule has 0 amide bonds. The fourth-order valence-electron chi connectivity index (χ4n) is 5.80. The van der Waals surface area contributed by atoms with Crippen LogP contribution in [0.4, 0.5) is 0 Å². The third-order valence-electron chi connectivity index (χ3n) is 7.97. The highest BCUT2D eigenvalue weighted by atomic mass is 16.7. The second-order valence-corrected chi connectivity index (χ2v) is 11.5.